The van der Waals surface area contributed by atoms with E-state index < -0.39 is 5.97 Å². The van der Waals surface area contributed by atoms with E-state index in [1.54, 1.807) is 0 Å². The summed E-state index contributed by atoms with van der Waals surface area (Å²) in [6, 6.07) is 19.3. The Bertz CT molecular complexity index is 1710. The molecule has 1 amide bonds. The number of ether oxygens (including phenoxy) is 1. The van der Waals surface area contributed by atoms with Crippen LogP contribution in [0.5, 0.6) is 0 Å². The van der Waals surface area contributed by atoms with Crippen molar-refractivity contribution in [1.82, 2.24) is 4.98 Å². The maximum atomic E-state index is 13.4. The minimum absolute atomic E-state index is 0.346. The van der Waals surface area contributed by atoms with Gasteiger partial charge >= 0.3 is 5.97 Å². The third-order valence-electron chi connectivity index (χ3n) is 6.47. The summed E-state index contributed by atoms with van der Waals surface area (Å²) in [6.45, 7) is 0. The fourth-order valence-electron chi connectivity index (χ4n) is 4.65. The van der Waals surface area contributed by atoms with Crippen molar-refractivity contribution in [2.24, 2.45) is 0 Å². The standard InChI is InChI=1S/C28H20ClN3O3S2/c1-35-28(34)21-18-11-8-14-4-2-3-5-17(14)23(18)36-27(21)32-25(33)24-22(30)19-12-13-20(31-26(19)37-24)15-6-9-16(29)10-7-15/h2-7,9-10,12-13H,8,11,30H2,1H3,(H,32,33). The van der Waals surface area contributed by atoms with Crippen LogP contribution in [-0.4, -0.2) is 24.0 Å². The number of nitrogen functional groups attached to an aromatic ring is 1. The Morgan fingerprint density at radius 3 is 2.59 bits per heavy atom. The number of pyridine rings is 1. The molecule has 3 aromatic heterocycles. The zero-order valence-electron chi connectivity index (χ0n) is 19.6. The Balaban J connectivity index is 1.38. The molecule has 1 aliphatic carbocycles. The highest BCUT2D eigenvalue weighted by Crippen LogP contribution is 2.46. The molecule has 184 valence electrons. The number of anilines is 2. The average molecular weight is 546 g/mol. The number of amides is 1. The molecular weight excluding hydrogens is 526 g/mol. The van der Waals surface area contributed by atoms with Gasteiger partial charge in [-0.15, -0.1) is 22.7 Å². The molecule has 0 spiro atoms. The molecule has 6 rings (SSSR count). The Labute approximate surface area is 225 Å². The lowest BCUT2D eigenvalue weighted by Crippen LogP contribution is -2.15. The van der Waals surface area contributed by atoms with Crippen LogP contribution in [0, 0.1) is 0 Å². The van der Waals surface area contributed by atoms with Crippen molar-refractivity contribution >= 4 is 67.1 Å². The van der Waals surface area contributed by atoms with Gasteiger partial charge in [-0.1, -0.05) is 48.0 Å². The number of nitrogens with zero attached hydrogens (tertiary/aromatic N) is 1. The number of hydrogen-bond acceptors (Lipinski definition) is 7. The van der Waals surface area contributed by atoms with Crippen LogP contribution in [0.2, 0.25) is 5.02 Å². The summed E-state index contributed by atoms with van der Waals surface area (Å²) < 4.78 is 5.09. The van der Waals surface area contributed by atoms with Gasteiger partial charge in [-0.25, -0.2) is 9.78 Å². The molecule has 3 N–H and O–H groups in total. The minimum Gasteiger partial charge on any atom is -0.465 e. The minimum atomic E-state index is -0.467. The number of halogens is 1. The van der Waals surface area contributed by atoms with Crippen molar-refractivity contribution in [2.75, 3.05) is 18.2 Å². The molecule has 0 bridgehead atoms. The SMILES string of the molecule is COC(=O)c1c(NC(=O)c2sc3nc(-c4ccc(Cl)cc4)ccc3c2N)sc2c1CCc1ccccc1-2. The zero-order valence-corrected chi connectivity index (χ0v) is 22.0. The smallest absolute Gasteiger partial charge is 0.341 e. The van der Waals surface area contributed by atoms with E-state index in [-0.39, 0.29) is 5.91 Å². The van der Waals surface area contributed by atoms with Gasteiger partial charge in [0.15, 0.2) is 0 Å². The fraction of sp³-hybridized carbons (Fsp3) is 0.107. The molecule has 1 aliphatic rings. The van der Waals surface area contributed by atoms with E-state index in [9.17, 15) is 9.59 Å². The monoisotopic (exact) mass is 545 g/mol. The van der Waals surface area contributed by atoms with Crippen LogP contribution in [0.15, 0.2) is 60.7 Å². The molecule has 5 aromatic rings. The first-order valence-corrected chi connectivity index (χ1v) is 13.5. The van der Waals surface area contributed by atoms with Gasteiger partial charge in [0.1, 0.15) is 14.7 Å². The predicted molar refractivity (Wildman–Crippen MR) is 151 cm³/mol. The van der Waals surface area contributed by atoms with Crippen molar-refractivity contribution in [1.29, 1.82) is 0 Å². The Hall–Kier alpha value is -3.72. The average Bonchev–Trinajstić information content (AvgIpc) is 3.45. The maximum absolute atomic E-state index is 13.4. The number of hydrogen-bond donors (Lipinski definition) is 2. The predicted octanol–water partition coefficient (Wildman–Crippen LogP) is 7.06. The van der Waals surface area contributed by atoms with Gasteiger partial charge in [0, 0.05) is 20.8 Å². The number of aryl methyl sites for hydroxylation is 1. The first-order valence-electron chi connectivity index (χ1n) is 11.5. The van der Waals surface area contributed by atoms with E-state index in [2.05, 4.69) is 11.4 Å². The molecule has 0 atom stereocenters. The van der Waals surface area contributed by atoms with Gasteiger partial charge in [-0.05, 0) is 53.8 Å². The summed E-state index contributed by atoms with van der Waals surface area (Å²) in [4.78, 5) is 33.0. The molecular formula is C28H20ClN3O3S2. The Morgan fingerprint density at radius 2 is 1.81 bits per heavy atom. The largest absolute Gasteiger partial charge is 0.465 e. The number of fused-ring (bicyclic) bond motifs is 4. The summed E-state index contributed by atoms with van der Waals surface area (Å²) in [5, 5.41) is 4.77. The Morgan fingerprint density at radius 1 is 1.03 bits per heavy atom. The molecule has 0 fully saturated rings. The van der Waals surface area contributed by atoms with Crippen LogP contribution >= 0.6 is 34.3 Å². The highest BCUT2D eigenvalue weighted by Gasteiger charge is 2.30. The van der Waals surface area contributed by atoms with E-state index in [0.29, 0.717) is 42.8 Å². The molecule has 37 heavy (non-hydrogen) atoms. The van der Waals surface area contributed by atoms with Crippen molar-refractivity contribution in [3.05, 3.63) is 87.3 Å². The van der Waals surface area contributed by atoms with Crippen molar-refractivity contribution in [2.45, 2.75) is 12.8 Å². The quantitative estimate of drug-likeness (QED) is 0.236. The van der Waals surface area contributed by atoms with Crippen LogP contribution in [0.3, 0.4) is 0 Å². The van der Waals surface area contributed by atoms with Gasteiger partial charge < -0.3 is 15.8 Å². The number of thiophene rings is 2. The number of benzene rings is 2. The van der Waals surface area contributed by atoms with Gasteiger partial charge in [-0.2, -0.15) is 0 Å². The van der Waals surface area contributed by atoms with E-state index in [4.69, 9.17) is 27.1 Å². The van der Waals surface area contributed by atoms with E-state index in [1.807, 2.05) is 54.6 Å². The lowest BCUT2D eigenvalue weighted by molar-refractivity contribution is 0.0601. The van der Waals surface area contributed by atoms with Gasteiger partial charge in [-0.3, -0.25) is 4.79 Å². The number of methoxy groups -OCH3 is 1. The van der Waals surface area contributed by atoms with Gasteiger partial charge in [0.2, 0.25) is 0 Å². The summed E-state index contributed by atoms with van der Waals surface area (Å²) in [5.41, 5.74) is 12.0. The van der Waals surface area contributed by atoms with Crippen LogP contribution in [0.25, 0.3) is 31.9 Å². The topological polar surface area (TPSA) is 94.3 Å². The number of nitrogens with two attached hydrogens (primary N) is 1. The number of esters is 1. The van der Waals surface area contributed by atoms with Crippen LogP contribution in [-0.2, 0) is 17.6 Å². The van der Waals surface area contributed by atoms with Gasteiger partial charge in [0.25, 0.3) is 5.91 Å². The second kappa shape index (κ2) is 9.30. The third kappa shape index (κ3) is 4.07. The number of rotatable bonds is 4. The second-order valence-corrected chi connectivity index (χ2v) is 11.1. The number of aromatic nitrogens is 1. The van der Waals surface area contributed by atoms with E-state index in [0.717, 1.165) is 33.7 Å². The van der Waals surface area contributed by atoms with Crippen LogP contribution < -0.4 is 11.1 Å². The normalized spacial score (nSPS) is 12.2. The number of carbonyl (C=O) groups excluding carboxylic acids is 2. The molecule has 0 unspecified atom stereocenters. The van der Waals surface area contributed by atoms with Gasteiger partial charge in [0.05, 0.1) is 24.1 Å². The second-order valence-electron chi connectivity index (χ2n) is 8.62. The summed E-state index contributed by atoms with van der Waals surface area (Å²) >= 11 is 8.62. The van der Waals surface area contributed by atoms with Crippen molar-refractivity contribution in [3.8, 4) is 21.7 Å². The molecule has 3 heterocycles. The third-order valence-corrected chi connectivity index (χ3v) is 9.02. The first-order chi connectivity index (χ1) is 17.9. The van der Waals surface area contributed by atoms with Crippen molar-refractivity contribution in [3.63, 3.8) is 0 Å². The van der Waals surface area contributed by atoms with Crippen molar-refractivity contribution < 1.29 is 14.3 Å². The van der Waals surface area contributed by atoms with E-state index in [1.165, 1.54) is 35.3 Å². The lowest BCUT2D eigenvalue weighted by atomic mass is 9.89. The van der Waals surface area contributed by atoms with Crippen LogP contribution in [0.4, 0.5) is 10.7 Å². The fourth-order valence-corrected chi connectivity index (χ4v) is 7.06. The lowest BCUT2D eigenvalue weighted by Gasteiger charge is -2.16. The van der Waals surface area contributed by atoms with E-state index >= 15 is 0 Å². The van der Waals surface area contributed by atoms with Crippen LogP contribution in [0.1, 0.15) is 31.2 Å². The molecule has 0 aliphatic heterocycles. The first kappa shape index (κ1) is 23.7. The highest BCUT2D eigenvalue weighted by atomic mass is 35.5. The maximum Gasteiger partial charge on any atom is 0.341 e. The molecule has 2 aromatic carbocycles. The number of nitrogens with one attached hydrogen (secondary N) is 1. The molecule has 6 nitrogen and oxygen atoms in total. The summed E-state index contributed by atoms with van der Waals surface area (Å²) in [6.07, 6.45) is 1.52. The molecule has 0 radical (unpaired) electrons. The molecule has 0 saturated heterocycles. The highest BCUT2D eigenvalue weighted by molar-refractivity contribution is 7.22. The Kier molecular flexibility index (Phi) is 5.95. The molecule has 0 saturated carbocycles. The zero-order chi connectivity index (χ0) is 25.7. The number of carbonyl (C=O) groups is 2. The molecule has 9 heteroatoms. The summed E-state index contributed by atoms with van der Waals surface area (Å²) in [5.74, 6) is -0.851. The summed E-state index contributed by atoms with van der Waals surface area (Å²) in [7, 11) is 1.35.